The van der Waals surface area contributed by atoms with Crippen molar-refractivity contribution in [2.45, 2.75) is 0 Å². The van der Waals surface area contributed by atoms with Crippen LogP contribution in [-0.2, 0) is 4.79 Å². The van der Waals surface area contributed by atoms with Crippen LogP contribution in [0.1, 0.15) is 0 Å². The lowest BCUT2D eigenvalue weighted by atomic mass is 10.1. The van der Waals surface area contributed by atoms with Crippen molar-refractivity contribution in [3.05, 3.63) is 31.8 Å². The molecule has 8 heteroatoms. The zero-order valence-electron chi connectivity index (χ0n) is 10.3. The Morgan fingerprint density at radius 3 is 2.75 bits per heavy atom. The molecule has 0 atom stereocenters. The number of carbonyl (C=O) groups excluding carboxylic acids is 1. The Hall–Kier alpha value is -0.310. The van der Waals surface area contributed by atoms with Crippen LogP contribution in [0.15, 0.2) is 36.8 Å². The first-order valence-electron chi connectivity index (χ1n) is 5.70. The van der Waals surface area contributed by atoms with Gasteiger partial charge >= 0.3 is 0 Å². The summed E-state index contributed by atoms with van der Waals surface area (Å²) in [5.41, 5.74) is 1.41. The van der Waals surface area contributed by atoms with Gasteiger partial charge in [0.05, 0.1) is 31.4 Å². The van der Waals surface area contributed by atoms with Crippen LogP contribution in [0.3, 0.4) is 0 Å². The number of halogens is 3. The SMILES string of the molecule is C=CCNC(=S)N1CCN=C2C(Br)=C(Br)C(=O)C(Br)=C21. The fourth-order valence-corrected chi connectivity index (χ4v) is 3.85. The molecule has 0 aromatic heterocycles. The Morgan fingerprint density at radius 1 is 1.40 bits per heavy atom. The number of nitrogens with one attached hydrogen (secondary N) is 1. The number of nitrogens with zero attached hydrogens (tertiary/aromatic N) is 2. The Morgan fingerprint density at radius 2 is 2.10 bits per heavy atom. The summed E-state index contributed by atoms with van der Waals surface area (Å²) in [7, 11) is 0. The molecule has 0 unspecified atom stereocenters. The van der Waals surface area contributed by atoms with Gasteiger partial charge in [-0.1, -0.05) is 6.08 Å². The summed E-state index contributed by atoms with van der Waals surface area (Å²) in [6.07, 6.45) is 1.73. The highest BCUT2D eigenvalue weighted by molar-refractivity contribution is 9.15. The molecular formula is C12H10Br3N3OS. The number of Topliss-reactive ketones (excluding diaryl/α,β-unsaturated/α-hetero) is 1. The number of aliphatic imine (C=N–C) groups is 1. The van der Waals surface area contributed by atoms with Crippen molar-refractivity contribution in [3.8, 4) is 0 Å². The molecule has 2 aliphatic rings. The Balaban J connectivity index is 2.42. The molecule has 0 spiro atoms. The Kier molecular flexibility index (Phi) is 5.33. The summed E-state index contributed by atoms with van der Waals surface area (Å²) in [5, 5.41) is 3.62. The summed E-state index contributed by atoms with van der Waals surface area (Å²) < 4.78 is 1.56. The number of thiocarbonyl (C=S) groups is 1. The maximum Gasteiger partial charge on any atom is 0.210 e. The topological polar surface area (TPSA) is 44.7 Å². The summed E-state index contributed by atoms with van der Waals surface area (Å²) in [4.78, 5) is 18.5. The van der Waals surface area contributed by atoms with E-state index in [0.717, 1.165) is 5.71 Å². The molecule has 0 radical (unpaired) electrons. The Bertz CT molecular complexity index is 595. The van der Waals surface area contributed by atoms with E-state index in [1.54, 1.807) is 6.08 Å². The van der Waals surface area contributed by atoms with Crippen LogP contribution in [0, 0.1) is 0 Å². The second-order valence-corrected chi connectivity index (χ2v) is 6.74. The minimum absolute atomic E-state index is 0.135. The van der Waals surface area contributed by atoms with Gasteiger partial charge in [0.15, 0.2) is 5.11 Å². The molecule has 20 heavy (non-hydrogen) atoms. The highest BCUT2D eigenvalue weighted by atomic mass is 79.9. The maximum atomic E-state index is 12.2. The molecule has 1 N–H and O–H groups in total. The van der Waals surface area contributed by atoms with Gasteiger partial charge in [-0.05, 0) is 60.0 Å². The van der Waals surface area contributed by atoms with E-state index in [2.05, 4.69) is 64.7 Å². The highest BCUT2D eigenvalue weighted by Crippen LogP contribution is 2.37. The van der Waals surface area contributed by atoms with Crippen LogP contribution in [0.25, 0.3) is 0 Å². The molecule has 1 heterocycles. The third kappa shape index (κ3) is 2.84. The first kappa shape index (κ1) is 16.1. The van der Waals surface area contributed by atoms with Gasteiger partial charge in [-0.25, -0.2) is 0 Å². The van der Waals surface area contributed by atoms with E-state index >= 15 is 0 Å². The number of rotatable bonds is 2. The van der Waals surface area contributed by atoms with Crippen LogP contribution in [0.2, 0.25) is 0 Å². The zero-order chi connectivity index (χ0) is 14.9. The summed E-state index contributed by atoms with van der Waals surface area (Å²) in [5.74, 6) is -0.135. The number of carbonyl (C=O) groups is 1. The number of hydrogen-bond acceptors (Lipinski definition) is 3. The molecule has 2 rings (SSSR count). The van der Waals surface area contributed by atoms with Crippen LogP contribution >= 0.6 is 60.0 Å². The molecular weight excluding hydrogens is 474 g/mol. The van der Waals surface area contributed by atoms with Crippen molar-refractivity contribution in [1.82, 2.24) is 10.2 Å². The predicted molar refractivity (Wildman–Crippen MR) is 95.6 cm³/mol. The van der Waals surface area contributed by atoms with Gasteiger partial charge in [0, 0.05) is 13.1 Å². The van der Waals surface area contributed by atoms with Crippen LogP contribution in [0.5, 0.6) is 0 Å². The highest BCUT2D eigenvalue weighted by Gasteiger charge is 2.35. The molecule has 0 amide bonds. The van der Waals surface area contributed by atoms with Crippen molar-refractivity contribution in [1.29, 1.82) is 0 Å². The summed E-state index contributed by atoms with van der Waals surface area (Å²) >= 11 is 15.4. The quantitative estimate of drug-likeness (QED) is 0.372. The maximum absolute atomic E-state index is 12.2. The first-order chi connectivity index (χ1) is 9.49. The van der Waals surface area contributed by atoms with Crippen LogP contribution < -0.4 is 5.32 Å². The third-order valence-electron chi connectivity index (χ3n) is 2.74. The van der Waals surface area contributed by atoms with Crippen molar-refractivity contribution in [2.75, 3.05) is 19.6 Å². The monoisotopic (exact) mass is 481 g/mol. The van der Waals surface area contributed by atoms with Crippen molar-refractivity contribution < 1.29 is 4.79 Å². The number of ketones is 1. The van der Waals surface area contributed by atoms with Crippen LogP contribution in [0.4, 0.5) is 0 Å². The number of allylic oxidation sites excluding steroid dienone is 3. The molecule has 0 fully saturated rings. The summed E-state index contributed by atoms with van der Waals surface area (Å²) in [6, 6.07) is 0. The van der Waals surface area contributed by atoms with Gasteiger partial charge in [0.2, 0.25) is 5.78 Å². The van der Waals surface area contributed by atoms with Gasteiger partial charge in [0.1, 0.15) is 0 Å². The number of hydrogen-bond donors (Lipinski definition) is 1. The van der Waals surface area contributed by atoms with E-state index in [4.69, 9.17) is 12.2 Å². The fourth-order valence-electron chi connectivity index (χ4n) is 1.84. The molecule has 106 valence electrons. The van der Waals surface area contributed by atoms with Crippen LogP contribution in [-0.4, -0.2) is 41.1 Å². The smallest absolute Gasteiger partial charge is 0.210 e. The molecule has 0 saturated heterocycles. The average molecular weight is 484 g/mol. The fraction of sp³-hybridized carbons (Fsp3) is 0.250. The third-order valence-corrected chi connectivity index (χ3v) is 5.90. The largest absolute Gasteiger partial charge is 0.359 e. The first-order valence-corrected chi connectivity index (χ1v) is 8.49. The van der Waals surface area contributed by atoms with Crippen molar-refractivity contribution in [2.24, 2.45) is 4.99 Å². The molecule has 0 aromatic carbocycles. The molecule has 1 aliphatic heterocycles. The lowest BCUT2D eigenvalue weighted by molar-refractivity contribution is -0.111. The lowest BCUT2D eigenvalue weighted by Crippen LogP contribution is -2.46. The van der Waals surface area contributed by atoms with E-state index in [9.17, 15) is 4.79 Å². The Labute approximate surface area is 147 Å². The second kappa shape index (κ2) is 6.64. The minimum atomic E-state index is -0.135. The standard InChI is InChI=1S/C12H10Br3N3OS/c1-2-3-17-12(20)18-5-4-16-9-6(13)7(14)11(19)8(15)10(9)18/h2H,1,3-5H2,(H,17,20). The molecule has 1 aliphatic carbocycles. The van der Waals surface area contributed by atoms with Gasteiger partial charge in [-0.15, -0.1) is 6.58 Å². The zero-order valence-corrected chi connectivity index (χ0v) is 15.8. The van der Waals surface area contributed by atoms with Gasteiger partial charge in [-0.3, -0.25) is 9.79 Å². The van der Waals surface area contributed by atoms with Gasteiger partial charge in [0.25, 0.3) is 0 Å². The van der Waals surface area contributed by atoms with Gasteiger partial charge in [-0.2, -0.15) is 0 Å². The average Bonchev–Trinajstić information content (AvgIpc) is 2.47. The van der Waals surface area contributed by atoms with E-state index in [1.165, 1.54) is 0 Å². The van der Waals surface area contributed by atoms with E-state index in [1.807, 2.05) is 4.90 Å². The van der Waals surface area contributed by atoms with Crippen molar-refractivity contribution in [3.63, 3.8) is 0 Å². The van der Waals surface area contributed by atoms with Crippen molar-refractivity contribution >= 4 is 76.6 Å². The van der Waals surface area contributed by atoms with Gasteiger partial charge < -0.3 is 10.2 Å². The van der Waals surface area contributed by atoms with E-state index in [-0.39, 0.29) is 5.78 Å². The summed E-state index contributed by atoms with van der Waals surface area (Å²) in [6.45, 7) is 5.45. The normalized spacial score (nSPS) is 18.9. The molecule has 4 nitrogen and oxygen atoms in total. The van der Waals surface area contributed by atoms with E-state index in [0.29, 0.717) is 43.9 Å². The lowest BCUT2D eigenvalue weighted by Gasteiger charge is -2.34. The molecule has 0 aromatic rings. The number of fused-ring (bicyclic) bond motifs is 1. The predicted octanol–water partition coefficient (Wildman–Crippen LogP) is 2.99. The minimum Gasteiger partial charge on any atom is -0.359 e. The molecule has 0 bridgehead atoms. The second-order valence-electron chi connectivity index (χ2n) is 3.98. The van der Waals surface area contributed by atoms with E-state index < -0.39 is 0 Å². The molecule has 0 saturated carbocycles.